The highest BCUT2D eigenvalue weighted by atomic mass is 16.5. The van der Waals surface area contributed by atoms with Gasteiger partial charge in [0.1, 0.15) is 5.75 Å². The highest BCUT2D eigenvalue weighted by Gasteiger charge is 2.33. The van der Waals surface area contributed by atoms with Crippen LogP contribution in [-0.2, 0) is 4.79 Å². The molecule has 1 aliphatic carbocycles. The lowest BCUT2D eigenvalue weighted by Crippen LogP contribution is -2.40. The number of carbonyl (C=O) groups is 1. The quantitative estimate of drug-likeness (QED) is 0.846. The minimum atomic E-state index is -0.132. The standard InChI is InChI=1S/C17H25NO3/c1-13-5-6-15(9-14(13)2)21-10-16(20)18-11-17(12-19)7-3-4-8-17/h5-6,9,19H,3-4,7-8,10-12H2,1-2H3,(H,18,20). The van der Waals surface area contributed by atoms with Crippen molar-refractivity contribution in [2.45, 2.75) is 39.5 Å². The van der Waals surface area contributed by atoms with E-state index in [1.807, 2.05) is 32.0 Å². The summed E-state index contributed by atoms with van der Waals surface area (Å²) in [5, 5.41) is 12.4. The minimum Gasteiger partial charge on any atom is -0.484 e. The normalized spacial score (nSPS) is 16.7. The highest BCUT2D eigenvalue weighted by Crippen LogP contribution is 2.36. The third-order valence-corrected chi connectivity index (χ3v) is 4.51. The molecule has 1 aromatic carbocycles. The third-order valence-electron chi connectivity index (χ3n) is 4.51. The van der Waals surface area contributed by atoms with Crippen LogP contribution in [-0.4, -0.2) is 30.8 Å². The molecule has 1 amide bonds. The van der Waals surface area contributed by atoms with Crippen molar-refractivity contribution in [3.05, 3.63) is 29.3 Å². The van der Waals surface area contributed by atoms with E-state index in [9.17, 15) is 9.90 Å². The van der Waals surface area contributed by atoms with E-state index in [0.717, 1.165) is 31.2 Å². The Balaban J connectivity index is 1.78. The summed E-state index contributed by atoms with van der Waals surface area (Å²) in [6.45, 7) is 4.77. The maximum atomic E-state index is 11.9. The van der Waals surface area contributed by atoms with Crippen LogP contribution in [0.2, 0.25) is 0 Å². The zero-order valence-electron chi connectivity index (χ0n) is 12.9. The Hall–Kier alpha value is -1.55. The zero-order valence-corrected chi connectivity index (χ0v) is 12.9. The number of ether oxygens (including phenoxy) is 1. The molecule has 2 N–H and O–H groups in total. The van der Waals surface area contributed by atoms with Crippen LogP contribution in [0.3, 0.4) is 0 Å². The molecule has 116 valence electrons. The first kappa shape index (κ1) is 15.8. The Morgan fingerprint density at radius 2 is 2.00 bits per heavy atom. The number of hydrogen-bond acceptors (Lipinski definition) is 3. The highest BCUT2D eigenvalue weighted by molar-refractivity contribution is 5.77. The molecule has 1 fully saturated rings. The van der Waals surface area contributed by atoms with Crippen molar-refractivity contribution in [2.24, 2.45) is 5.41 Å². The van der Waals surface area contributed by atoms with Crippen molar-refractivity contribution in [1.29, 1.82) is 0 Å². The summed E-state index contributed by atoms with van der Waals surface area (Å²) in [6, 6.07) is 5.80. The van der Waals surface area contributed by atoms with Crippen LogP contribution in [0.4, 0.5) is 0 Å². The van der Waals surface area contributed by atoms with Crippen molar-refractivity contribution in [3.63, 3.8) is 0 Å². The number of amides is 1. The molecule has 2 rings (SSSR count). The topological polar surface area (TPSA) is 58.6 Å². The van der Waals surface area contributed by atoms with Crippen LogP contribution < -0.4 is 10.1 Å². The number of rotatable bonds is 6. The van der Waals surface area contributed by atoms with E-state index in [4.69, 9.17) is 4.74 Å². The molecule has 1 aliphatic rings. The van der Waals surface area contributed by atoms with Crippen LogP contribution in [0.25, 0.3) is 0 Å². The van der Waals surface area contributed by atoms with Crippen molar-refractivity contribution in [1.82, 2.24) is 5.32 Å². The Morgan fingerprint density at radius 3 is 2.62 bits per heavy atom. The van der Waals surface area contributed by atoms with Gasteiger partial charge in [0.2, 0.25) is 0 Å². The van der Waals surface area contributed by atoms with Gasteiger partial charge in [0.05, 0.1) is 6.61 Å². The number of benzene rings is 1. The molecule has 21 heavy (non-hydrogen) atoms. The molecule has 0 spiro atoms. The van der Waals surface area contributed by atoms with Gasteiger partial charge in [0, 0.05) is 12.0 Å². The molecule has 0 atom stereocenters. The number of carbonyl (C=O) groups excluding carboxylic acids is 1. The molecular formula is C17H25NO3. The molecule has 1 aromatic rings. The van der Waals surface area contributed by atoms with Gasteiger partial charge in [-0.25, -0.2) is 0 Å². The van der Waals surface area contributed by atoms with Gasteiger partial charge in [-0.1, -0.05) is 18.9 Å². The fourth-order valence-corrected chi connectivity index (χ4v) is 2.81. The lowest BCUT2D eigenvalue weighted by molar-refractivity contribution is -0.123. The van der Waals surface area contributed by atoms with Crippen molar-refractivity contribution < 1.29 is 14.6 Å². The molecule has 0 radical (unpaired) electrons. The Labute approximate surface area is 126 Å². The summed E-state index contributed by atoms with van der Waals surface area (Å²) in [5.74, 6) is 0.582. The van der Waals surface area contributed by atoms with Crippen LogP contribution in [0, 0.1) is 19.3 Å². The molecule has 0 bridgehead atoms. The largest absolute Gasteiger partial charge is 0.484 e. The number of aliphatic hydroxyl groups excluding tert-OH is 1. The van der Waals surface area contributed by atoms with Crippen molar-refractivity contribution >= 4 is 5.91 Å². The molecule has 4 heteroatoms. The van der Waals surface area contributed by atoms with Gasteiger partial charge in [-0.15, -0.1) is 0 Å². The number of aryl methyl sites for hydroxylation is 2. The average Bonchev–Trinajstić information content (AvgIpc) is 2.96. The van der Waals surface area contributed by atoms with E-state index in [-0.39, 0.29) is 24.5 Å². The van der Waals surface area contributed by atoms with Gasteiger partial charge >= 0.3 is 0 Å². The van der Waals surface area contributed by atoms with Gasteiger partial charge in [0.25, 0.3) is 5.91 Å². The summed E-state index contributed by atoms with van der Waals surface area (Å²) < 4.78 is 5.51. The maximum Gasteiger partial charge on any atom is 0.257 e. The van der Waals surface area contributed by atoms with Crippen LogP contribution in [0.5, 0.6) is 5.75 Å². The van der Waals surface area contributed by atoms with Crippen LogP contribution in [0.15, 0.2) is 18.2 Å². The van der Waals surface area contributed by atoms with Crippen LogP contribution in [0.1, 0.15) is 36.8 Å². The monoisotopic (exact) mass is 291 g/mol. The Morgan fingerprint density at radius 1 is 1.29 bits per heavy atom. The molecule has 0 saturated heterocycles. The van der Waals surface area contributed by atoms with Crippen molar-refractivity contribution in [3.8, 4) is 5.75 Å². The zero-order chi connectivity index (χ0) is 15.3. The fourth-order valence-electron chi connectivity index (χ4n) is 2.81. The molecular weight excluding hydrogens is 266 g/mol. The molecule has 0 aromatic heterocycles. The second-order valence-corrected chi connectivity index (χ2v) is 6.18. The number of nitrogens with one attached hydrogen (secondary N) is 1. The first-order valence-corrected chi connectivity index (χ1v) is 7.62. The minimum absolute atomic E-state index is 0.0179. The van der Waals surface area contributed by atoms with Gasteiger partial charge in [0.15, 0.2) is 6.61 Å². The number of hydrogen-bond donors (Lipinski definition) is 2. The van der Waals surface area contributed by atoms with E-state index in [1.165, 1.54) is 5.56 Å². The summed E-state index contributed by atoms with van der Waals surface area (Å²) in [5.41, 5.74) is 2.24. The van der Waals surface area contributed by atoms with Crippen LogP contribution >= 0.6 is 0 Å². The predicted molar refractivity (Wildman–Crippen MR) is 82.4 cm³/mol. The van der Waals surface area contributed by atoms with Gasteiger partial charge in [-0.05, 0) is 49.9 Å². The summed E-state index contributed by atoms with van der Waals surface area (Å²) in [6.07, 6.45) is 4.24. The summed E-state index contributed by atoms with van der Waals surface area (Å²) >= 11 is 0. The maximum absolute atomic E-state index is 11.9. The Bertz CT molecular complexity index is 493. The fraction of sp³-hybridized carbons (Fsp3) is 0.588. The van der Waals surface area contributed by atoms with E-state index < -0.39 is 0 Å². The van der Waals surface area contributed by atoms with E-state index in [0.29, 0.717) is 12.3 Å². The smallest absolute Gasteiger partial charge is 0.257 e. The number of aliphatic hydroxyl groups is 1. The SMILES string of the molecule is Cc1ccc(OCC(=O)NCC2(CO)CCCC2)cc1C. The average molecular weight is 291 g/mol. The lowest BCUT2D eigenvalue weighted by atomic mass is 9.87. The molecule has 0 heterocycles. The first-order chi connectivity index (χ1) is 10.0. The van der Waals surface area contributed by atoms with E-state index in [1.54, 1.807) is 0 Å². The van der Waals surface area contributed by atoms with Gasteiger partial charge in [-0.2, -0.15) is 0 Å². The van der Waals surface area contributed by atoms with Gasteiger partial charge < -0.3 is 15.2 Å². The Kier molecular flexibility index (Phi) is 5.23. The molecule has 1 saturated carbocycles. The van der Waals surface area contributed by atoms with E-state index >= 15 is 0 Å². The second-order valence-electron chi connectivity index (χ2n) is 6.18. The second kappa shape index (κ2) is 6.94. The lowest BCUT2D eigenvalue weighted by Gasteiger charge is -2.26. The van der Waals surface area contributed by atoms with Gasteiger partial charge in [-0.3, -0.25) is 4.79 Å². The molecule has 0 unspecified atom stereocenters. The predicted octanol–water partition coefficient (Wildman–Crippen LogP) is 2.35. The molecule has 4 nitrogen and oxygen atoms in total. The summed E-state index contributed by atoms with van der Waals surface area (Å²) in [7, 11) is 0. The summed E-state index contributed by atoms with van der Waals surface area (Å²) in [4.78, 5) is 11.9. The first-order valence-electron chi connectivity index (χ1n) is 7.62. The van der Waals surface area contributed by atoms with E-state index in [2.05, 4.69) is 5.32 Å². The van der Waals surface area contributed by atoms with Crippen molar-refractivity contribution in [2.75, 3.05) is 19.8 Å². The third kappa shape index (κ3) is 4.21. The molecule has 0 aliphatic heterocycles.